The normalized spacial score (nSPS) is 16.9. The van der Waals surface area contributed by atoms with Gasteiger partial charge in [0.2, 0.25) is 0 Å². The van der Waals surface area contributed by atoms with Gasteiger partial charge in [0.1, 0.15) is 5.75 Å². The third-order valence-electron chi connectivity index (χ3n) is 3.31. The third kappa shape index (κ3) is 2.95. The minimum absolute atomic E-state index is 0.368. The van der Waals surface area contributed by atoms with E-state index in [9.17, 15) is 0 Å². The number of rotatable bonds is 5. The van der Waals surface area contributed by atoms with E-state index < -0.39 is 0 Å². The van der Waals surface area contributed by atoms with E-state index in [1.54, 1.807) is 0 Å². The maximum absolute atomic E-state index is 5.63. The number of para-hydroxylation sites is 1. The molecule has 2 aromatic rings. The first-order valence-electron chi connectivity index (χ1n) is 6.54. The van der Waals surface area contributed by atoms with Crippen molar-refractivity contribution < 1.29 is 9.57 Å². The molecular weight excluding hydrogens is 238 g/mol. The topological polar surface area (TPSA) is 30.5 Å². The first-order valence-corrected chi connectivity index (χ1v) is 6.54. The maximum atomic E-state index is 5.63. The van der Waals surface area contributed by atoms with Crippen LogP contribution >= 0.6 is 0 Å². The molecule has 0 fully saturated rings. The molecule has 3 rings (SSSR count). The van der Waals surface area contributed by atoms with Gasteiger partial charge >= 0.3 is 0 Å². The lowest BCUT2D eigenvalue weighted by molar-refractivity contribution is 0.0236. The van der Waals surface area contributed by atoms with E-state index in [2.05, 4.69) is 23.7 Å². The van der Waals surface area contributed by atoms with Crippen LogP contribution in [0.3, 0.4) is 0 Å². The number of ether oxygens (including phenoxy) is 1. The second-order valence-electron chi connectivity index (χ2n) is 4.67. The summed E-state index contributed by atoms with van der Waals surface area (Å²) in [5.74, 6) is 1.37. The van der Waals surface area contributed by atoms with Crippen LogP contribution in [0.1, 0.15) is 17.0 Å². The zero-order valence-electron chi connectivity index (χ0n) is 10.7. The second kappa shape index (κ2) is 5.87. The van der Waals surface area contributed by atoms with Gasteiger partial charge in [-0.3, -0.25) is 4.84 Å². The monoisotopic (exact) mass is 255 g/mol. The first kappa shape index (κ1) is 12.2. The van der Waals surface area contributed by atoms with Crippen LogP contribution in [0.4, 0.5) is 0 Å². The summed E-state index contributed by atoms with van der Waals surface area (Å²) in [6.45, 7) is 2.07. The van der Waals surface area contributed by atoms with Gasteiger partial charge in [-0.1, -0.05) is 48.5 Å². The van der Waals surface area contributed by atoms with Crippen molar-refractivity contribution in [3.05, 3.63) is 65.7 Å². The number of hydrogen-bond donors (Lipinski definition) is 1. The molecule has 0 saturated heterocycles. The van der Waals surface area contributed by atoms with Crippen LogP contribution in [-0.4, -0.2) is 13.2 Å². The summed E-state index contributed by atoms with van der Waals surface area (Å²) in [7, 11) is 0. The minimum Gasteiger partial charge on any atom is -0.493 e. The molecule has 2 aromatic carbocycles. The molecule has 0 aromatic heterocycles. The third-order valence-corrected chi connectivity index (χ3v) is 3.31. The quantitative estimate of drug-likeness (QED) is 0.658. The largest absolute Gasteiger partial charge is 0.493 e. The van der Waals surface area contributed by atoms with Gasteiger partial charge in [-0.05, 0) is 11.6 Å². The lowest BCUT2D eigenvalue weighted by Crippen LogP contribution is -2.22. The predicted octanol–water partition coefficient (Wildman–Crippen LogP) is 2.88. The molecule has 1 N–H and O–H groups in total. The van der Waals surface area contributed by atoms with Crippen molar-refractivity contribution in [3.63, 3.8) is 0 Å². The van der Waals surface area contributed by atoms with Gasteiger partial charge in [-0.15, -0.1) is 0 Å². The zero-order valence-corrected chi connectivity index (χ0v) is 10.7. The average Bonchev–Trinajstić information content (AvgIpc) is 2.88. The highest BCUT2D eigenvalue weighted by Gasteiger charge is 2.23. The number of hydroxylamine groups is 1. The molecule has 3 heteroatoms. The summed E-state index contributed by atoms with van der Waals surface area (Å²) in [5.41, 5.74) is 5.46. The van der Waals surface area contributed by atoms with E-state index in [0.29, 0.717) is 12.5 Å². The molecule has 1 aliphatic heterocycles. The van der Waals surface area contributed by atoms with Crippen LogP contribution in [0.2, 0.25) is 0 Å². The van der Waals surface area contributed by atoms with Crippen LogP contribution in [0.15, 0.2) is 54.6 Å². The van der Waals surface area contributed by atoms with Crippen molar-refractivity contribution in [3.8, 4) is 5.75 Å². The Labute approximate surface area is 113 Å². The van der Waals surface area contributed by atoms with E-state index >= 15 is 0 Å². The molecule has 0 amide bonds. The molecule has 1 atom stereocenters. The fraction of sp³-hybridized carbons (Fsp3) is 0.250. The fourth-order valence-corrected chi connectivity index (χ4v) is 2.27. The van der Waals surface area contributed by atoms with Crippen molar-refractivity contribution in [1.29, 1.82) is 0 Å². The summed E-state index contributed by atoms with van der Waals surface area (Å²) in [5, 5.41) is 0. The van der Waals surface area contributed by atoms with E-state index in [1.165, 1.54) is 5.56 Å². The Kier molecular flexibility index (Phi) is 3.77. The van der Waals surface area contributed by atoms with Crippen LogP contribution in [0, 0.1) is 0 Å². The molecule has 19 heavy (non-hydrogen) atoms. The van der Waals surface area contributed by atoms with Crippen LogP contribution < -0.4 is 10.2 Å². The van der Waals surface area contributed by atoms with E-state index in [0.717, 1.165) is 24.5 Å². The van der Waals surface area contributed by atoms with Gasteiger partial charge in [0.25, 0.3) is 0 Å². The predicted molar refractivity (Wildman–Crippen MR) is 73.9 cm³/mol. The molecule has 1 heterocycles. The van der Waals surface area contributed by atoms with Crippen molar-refractivity contribution in [2.45, 2.75) is 12.5 Å². The highest BCUT2D eigenvalue weighted by Crippen LogP contribution is 2.32. The van der Waals surface area contributed by atoms with Crippen molar-refractivity contribution in [1.82, 2.24) is 5.48 Å². The van der Waals surface area contributed by atoms with Crippen molar-refractivity contribution >= 4 is 0 Å². The van der Waals surface area contributed by atoms with Gasteiger partial charge in [0.15, 0.2) is 0 Å². The first-order chi connectivity index (χ1) is 9.43. The molecule has 98 valence electrons. The maximum Gasteiger partial charge on any atom is 0.122 e. The Hall–Kier alpha value is -1.84. The smallest absolute Gasteiger partial charge is 0.122 e. The van der Waals surface area contributed by atoms with Gasteiger partial charge < -0.3 is 4.74 Å². The summed E-state index contributed by atoms with van der Waals surface area (Å²) >= 11 is 0. The second-order valence-corrected chi connectivity index (χ2v) is 4.67. The SMILES string of the molecule is c1ccc(CONCC2COc3ccccc32)cc1. The van der Waals surface area contributed by atoms with Gasteiger partial charge in [0.05, 0.1) is 13.2 Å². The molecule has 0 bridgehead atoms. The highest BCUT2D eigenvalue weighted by atomic mass is 16.6. The Morgan fingerprint density at radius 3 is 2.74 bits per heavy atom. The number of nitrogens with one attached hydrogen (secondary N) is 1. The Bertz CT molecular complexity index is 527. The number of benzene rings is 2. The zero-order chi connectivity index (χ0) is 12.9. The van der Waals surface area contributed by atoms with Gasteiger partial charge in [-0.2, -0.15) is 0 Å². The Morgan fingerprint density at radius 1 is 1.05 bits per heavy atom. The van der Waals surface area contributed by atoms with E-state index in [4.69, 9.17) is 9.57 Å². The van der Waals surface area contributed by atoms with E-state index in [1.807, 2.05) is 36.4 Å². The van der Waals surface area contributed by atoms with Crippen LogP contribution in [-0.2, 0) is 11.4 Å². The molecular formula is C16H17NO2. The number of fused-ring (bicyclic) bond motifs is 1. The van der Waals surface area contributed by atoms with Crippen LogP contribution in [0.5, 0.6) is 5.75 Å². The van der Waals surface area contributed by atoms with Gasteiger partial charge in [-0.25, -0.2) is 5.48 Å². The van der Waals surface area contributed by atoms with Crippen LogP contribution in [0.25, 0.3) is 0 Å². The summed E-state index contributed by atoms with van der Waals surface area (Å²) in [6.07, 6.45) is 0. The molecule has 0 spiro atoms. The molecule has 0 radical (unpaired) electrons. The number of hydrogen-bond acceptors (Lipinski definition) is 3. The minimum atomic E-state index is 0.368. The summed E-state index contributed by atoms with van der Waals surface area (Å²) < 4.78 is 5.63. The Morgan fingerprint density at radius 2 is 1.84 bits per heavy atom. The lowest BCUT2D eigenvalue weighted by atomic mass is 10.0. The molecule has 0 aliphatic carbocycles. The average molecular weight is 255 g/mol. The van der Waals surface area contributed by atoms with Crippen molar-refractivity contribution in [2.24, 2.45) is 0 Å². The molecule has 0 saturated carbocycles. The summed E-state index contributed by atoms with van der Waals surface area (Å²) in [4.78, 5) is 5.49. The lowest BCUT2D eigenvalue weighted by Gasteiger charge is -2.10. The fourth-order valence-electron chi connectivity index (χ4n) is 2.27. The summed E-state index contributed by atoms with van der Waals surface area (Å²) in [6, 6.07) is 18.3. The van der Waals surface area contributed by atoms with Gasteiger partial charge in [0, 0.05) is 18.0 Å². The van der Waals surface area contributed by atoms with E-state index in [-0.39, 0.29) is 0 Å². The van der Waals surface area contributed by atoms with Crippen molar-refractivity contribution in [2.75, 3.05) is 13.2 Å². The molecule has 1 unspecified atom stereocenters. The standard InChI is InChI=1S/C16H17NO2/c1-2-6-13(7-3-1)11-19-17-10-14-12-18-16-9-5-4-8-15(14)16/h1-9,14,17H,10-12H2. The molecule has 1 aliphatic rings. The highest BCUT2D eigenvalue weighted by molar-refractivity contribution is 5.39. The Balaban J connectivity index is 1.47. The molecule has 3 nitrogen and oxygen atoms in total.